The molecule has 3 rings (SSSR count). The first kappa shape index (κ1) is 17.6. The fourth-order valence-corrected chi connectivity index (χ4v) is 2.45. The van der Waals surface area contributed by atoms with Crippen LogP contribution in [0.2, 0.25) is 0 Å². The molecule has 7 nitrogen and oxygen atoms in total. The molecule has 0 aliphatic carbocycles. The predicted molar refractivity (Wildman–Crippen MR) is 91.4 cm³/mol. The van der Waals surface area contributed by atoms with E-state index in [1.54, 1.807) is 19.2 Å². The molecule has 0 aliphatic rings. The molecule has 0 saturated heterocycles. The maximum Gasteiger partial charge on any atom is 0.274 e. The normalized spacial score (nSPS) is 10.6. The highest BCUT2D eigenvalue weighted by atomic mass is 19.1. The lowest BCUT2D eigenvalue weighted by Crippen LogP contribution is -2.24. The molecule has 0 bridgehead atoms. The Kier molecular flexibility index (Phi) is 5.23. The zero-order chi connectivity index (χ0) is 18.5. The molecule has 0 atom stereocenters. The summed E-state index contributed by atoms with van der Waals surface area (Å²) in [5, 5.41) is 20.2. The van der Waals surface area contributed by atoms with Crippen molar-refractivity contribution in [1.82, 2.24) is 20.3 Å². The van der Waals surface area contributed by atoms with Crippen LogP contribution < -0.4 is 10.1 Å². The number of methoxy groups -OCH3 is 1. The second kappa shape index (κ2) is 7.75. The molecule has 0 unspecified atom stereocenters. The Balaban J connectivity index is 1.82. The minimum Gasteiger partial charge on any atom is -0.496 e. The van der Waals surface area contributed by atoms with Gasteiger partial charge < -0.3 is 15.2 Å². The summed E-state index contributed by atoms with van der Waals surface area (Å²) in [6, 6.07) is 13.2. The van der Waals surface area contributed by atoms with E-state index in [4.69, 9.17) is 4.74 Å². The fourth-order valence-electron chi connectivity index (χ4n) is 2.45. The monoisotopic (exact) mass is 356 g/mol. The first-order valence-corrected chi connectivity index (χ1v) is 7.86. The lowest BCUT2D eigenvalue weighted by molar-refractivity contribution is 0.0942. The molecular weight excluding hydrogens is 339 g/mol. The number of aromatic nitrogens is 3. The molecule has 0 fully saturated rings. The number of carbonyl (C=O) groups excluding carboxylic acids is 1. The van der Waals surface area contributed by atoms with Crippen LogP contribution >= 0.6 is 0 Å². The molecule has 2 N–H and O–H groups in total. The predicted octanol–water partition coefficient (Wildman–Crippen LogP) is 1.84. The fraction of sp³-hybridized carbons (Fsp3) is 0.167. The van der Waals surface area contributed by atoms with Gasteiger partial charge in [-0.25, -0.2) is 4.39 Å². The SMILES string of the molecule is COc1ccccc1CNC(=O)c1nn(-c2ccccc2F)nc1CO. The second-order valence-corrected chi connectivity index (χ2v) is 5.39. The number of benzene rings is 2. The highest BCUT2D eigenvalue weighted by Gasteiger charge is 2.20. The second-order valence-electron chi connectivity index (χ2n) is 5.39. The Morgan fingerprint density at radius 2 is 1.92 bits per heavy atom. The number of amides is 1. The Bertz CT molecular complexity index is 926. The van der Waals surface area contributed by atoms with Gasteiger partial charge in [0.15, 0.2) is 11.5 Å². The third kappa shape index (κ3) is 3.55. The van der Waals surface area contributed by atoms with E-state index in [1.165, 1.54) is 18.2 Å². The van der Waals surface area contributed by atoms with E-state index in [-0.39, 0.29) is 23.6 Å². The number of aliphatic hydroxyl groups excluding tert-OH is 1. The molecule has 0 radical (unpaired) electrons. The first-order valence-electron chi connectivity index (χ1n) is 7.86. The van der Waals surface area contributed by atoms with Gasteiger partial charge in [-0.3, -0.25) is 4.79 Å². The zero-order valence-corrected chi connectivity index (χ0v) is 14.0. The number of hydrogen-bond donors (Lipinski definition) is 2. The molecule has 26 heavy (non-hydrogen) atoms. The number of nitrogens with zero attached hydrogens (tertiary/aromatic N) is 3. The van der Waals surface area contributed by atoms with Crippen LogP contribution in [-0.4, -0.2) is 33.1 Å². The molecule has 8 heteroatoms. The first-order chi connectivity index (χ1) is 12.6. The van der Waals surface area contributed by atoms with E-state index in [0.717, 1.165) is 10.4 Å². The summed E-state index contributed by atoms with van der Waals surface area (Å²) in [5.41, 5.74) is 0.873. The average Bonchev–Trinajstić information content (AvgIpc) is 3.11. The summed E-state index contributed by atoms with van der Waals surface area (Å²) in [5.74, 6) is -0.416. The van der Waals surface area contributed by atoms with Gasteiger partial charge in [-0.05, 0) is 18.2 Å². The Morgan fingerprint density at radius 1 is 1.19 bits per heavy atom. The van der Waals surface area contributed by atoms with Crippen molar-refractivity contribution >= 4 is 5.91 Å². The molecule has 0 spiro atoms. The largest absolute Gasteiger partial charge is 0.496 e. The van der Waals surface area contributed by atoms with Crippen molar-refractivity contribution in [1.29, 1.82) is 0 Å². The maximum absolute atomic E-state index is 13.9. The molecular formula is C18H17FN4O3. The van der Waals surface area contributed by atoms with Crippen LogP contribution in [0.5, 0.6) is 5.75 Å². The van der Waals surface area contributed by atoms with Crippen LogP contribution in [0.1, 0.15) is 21.7 Å². The third-order valence-corrected chi connectivity index (χ3v) is 3.75. The molecule has 3 aromatic rings. The number of nitrogens with one attached hydrogen (secondary N) is 1. The van der Waals surface area contributed by atoms with Crippen LogP contribution in [-0.2, 0) is 13.2 Å². The van der Waals surface area contributed by atoms with Gasteiger partial charge in [0.1, 0.15) is 17.1 Å². The van der Waals surface area contributed by atoms with Crippen molar-refractivity contribution < 1.29 is 19.0 Å². The van der Waals surface area contributed by atoms with E-state index >= 15 is 0 Å². The smallest absolute Gasteiger partial charge is 0.274 e. The summed E-state index contributed by atoms with van der Waals surface area (Å²) in [4.78, 5) is 13.5. The van der Waals surface area contributed by atoms with Crippen molar-refractivity contribution in [3.8, 4) is 11.4 Å². The van der Waals surface area contributed by atoms with Gasteiger partial charge in [0, 0.05) is 12.1 Å². The average molecular weight is 356 g/mol. The third-order valence-electron chi connectivity index (χ3n) is 3.75. The lowest BCUT2D eigenvalue weighted by Gasteiger charge is -2.08. The van der Waals surface area contributed by atoms with Crippen molar-refractivity contribution in [2.24, 2.45) is 0 Å². The van der Waals surface area contributed by atoms with E-state index < -0.39 is 18.3 Å². The molecule has 1 aromatic heterocycles. The van der Waals surface area contributed by atoms with Crippen molar-refractivity contribution in [3.05, 3.63) is 71.3 Å². The molecule has 1 heterocycles. The van der Waals surface area contributed by atoms with Crippen molar-refractivity contribution in [3.63, 3.8) is 0 Å². The highest BCUT2D eigenvalue weighted by molar-refractivity contribution is 5.93. The minimum atomic E-state index is -0.534. The number of rotatable bonds is 6. The summed E-state index contributed by atoms with van der Waals surface area (Å²) in [6.45, 7) is -0.286. The lowest BCUT2D eigenvalue weighted by atomic mass is 10.2. The van der Waals surface area contributed by atoms with Crippen LogP contribution in [0.15, 0.2) is 48.5 Å². The van der Waals surface area contributed by atoms with E-state index in [9.17, 15) is 14.3 Å². The number of para-hydroxylation sites is 2. The molecule has 0 saturated carbocycles. The van der Waals surface area contributed by atoms with E-state index in [0.29, 0.717) is 5.75 Å². The number of ether oxygens (including phenoxy) is 1. The van der Waals surface area contributed by atoms with Gasteiger partial charge in [0.2, 0.25) is 0 Å². The Labute approximate surface area is 149 Å². The van der Waals surface area contributed by atoms with Crippen LogP contribution in [0, 0.1) is 5.82 Å². The minimum absolute atomic E-state index is 0.0609. The number of aliphatic hydroxyl groups is 1. The topological polar surface area (TPSA) is 89.3 Å². The summed E-state index contributed by atoms with van der Waals surface area (Å²) < 4.78 is 19.1. The van der Waals surface area contributed by atoms with Crippen molar-refractivity contribution in [2.45, 2.75) is 13.2 Å². The van der Waals surface area contributed by atoms with Gasteiger partial charge >= 0.3 is 0 Å². The number of carbonyl (C=O) groups is 1. The summed E-state index contributed by atoms with van der Waals surface area (Å²) >= 11 is 0. The van der Waals surface area contributed by atoms with Crippen molar-refractivity contribution in [2.75, 3.05) is 7.11 Å². The van der Waals surface area contributed by atoms with Crippen LogP contribution in [0.25, 0.3) is 5.69 Å². The highest BCUT2D eigenvalue weighted by Crippen LogP contribution is 2.17. The van der Waals surface area contributed by atoms with Gasteiger partial charge in [-0.2, -0.15) is 0 Å². The number of halogens is 1. The zero-order valence-electron chi connectivity index (χ0n) is 14.0. The van der Waals surface area contributed by atoms with Gasteiger partial charge in [0.05, 0.1) is 13.7 Å². The Morgan fingerprint density at radius 3 is 2.65 bits per heavy atom. The van der Waals surface area contributed by atoms with Crippen LogP contribution in [0.3, 0.4) is 0 Å². The van der Waals surface area contributed by atoms with Gasteiger partial charge in [-0.15, -0.1) is 15.0 Å². The Hall–Kier alpha value is -3.26. The quantitative estimate of drug-likeness (QED) is 0.703. The molecule has 0 aliphatic heterocycles. The van der Waals surface area contributed by atoms with Gasteiger partial charge in [0.25, 0.3) is 5.91 Å². The molecule has 134 valence electrons. The summed E-state index contributed by atoms with van der Waals surface area (Å²) in [6.07, 6.45) is 0. The summed E-state index contributed by atoms with van der Waals surface area (Å²) in [7, 11) is 1.55. The number of hydrogen-bond acceptors (Lipinski definition) is 5. The standard InChI is InChI=1S/C18H17FN4O3/c1-26-16-9-5-2-6-12(16)10-20-18(25)17-14(11-24)21-23(22-17)15-8-4-3-7-13(15)19/h2-9,24H,10-11H2,1H3,(H,20,25). The van der Waals surface area contributed by atoms with E-state index in [1.807, 2.05) is 18.2 Å². The van der Waals surface area contributed by atoms with Crippen LogP contribution in [0.4, 0.5) is 4.39 Å². The maximum atomic E-state index is 13.9. The molecule has 1 amide bonds. The van der Waals surface area contributed by atoms with E-state index in [2.05, 4.69) is 15.5 Å². The molecule has 2 aromatic carbocycles. The van der Waals surface area contributed by atoms with Gasteiger partial charge in [-0.1, -0.05) is 30.3 Å².